The van der Waals surface area contributed by atoms with Crippen LogP contribution in [0.1, 0.15) is 23.6 Å². The first-order valence-electron chi connectivity index (χ1n) is 6.95. The van der Waals surface area contributed by atoms with Gasteiger partial charge in [-0.25, -0.2) is 4.39 Å². The summed E-state index contributed by atoms with van der Waals surface area (Å²) in [5.41, 5.74) is -1.59. The molecule has 25 heavy (non-hydrogen) atoms. The second kappa shape index (κ2) is 9.25. The Balaban J connectivity index is 0.00000288. The van der Waals surface area contributed by atoms with E-state index >= 15 is 0 Å². The number of benzene rings is 1. The highest BCUT2D eigenvalue weighted by Crippen LogP contribution is 2.37. The zero-order chi connectivity index (χ0) is 17.3. The van der Waals surface area contributed by atoms with E-state index in [1.54, 1.807) is 0 Å². The van der Waals surface area contributed by atoms with Gasteiger partial charge in [-0.15, -0.1) is 24.8 Å². The van der Waals surface area contributed by atoms with Gasteiger partial charge in [-0.2, -0.15) is 26.3 Å². The highest BCUT2D eigenvalue weighted by molar-refractivity contribution is 5.85. The molecule has 0 radical (unpaired) electrons. The second-order valence-electron chi connectivity index (χ2n) is 5.39. The highest BCUT2D eigenvalue weighted by Gasteiger charge is 2.38. The minimum absolute atomic E-state index is 0. The fraction of sp³-hybridized carbons (Fsp3) is 0.571. The summed E-state index contributed by atoms with van der Waals surface area (Å²) in [6, 6.07) is 0.287. The van der Waals surface area contributed by atoms with Gasteiger partial charge in [-0.05, 0) is 23.8 Å². The number of nitrogens with one attached hydrogen (secondary N) is 1. The monoisotopic (exact) mass is 416 g/mol. The van der Waals surface area contributed by atoms with Gasteiger partial charge in [0, 0.05) is 32.2 Å². The van der Waals surface area contributed by atoms with Crippen LogP contribution in [-0.4, -0.2) is 37.3 Å². The van der Waals surface area contributed by atoms with E-state index in [0.717, 1.165) is 6.07 Å². The van der Waals surface area contributed by atoms with Gasteiger partial charge in [0.25, 0.3) is 0 Å². The molecule has 0 unspecified atom stereocenters. The Morgan fingerprint density at radius 3 is 2.00 bits per heavy atom. The molecule has 0 bridgehead atoms. The van der Waals surface area contributed by atoms with Crippen LogP contribution in [0.15, 0.2) is 18.2 Å². The van der Waals surface area contributed by atoms with Crippen LogP contribution in [0.4, 0.5) is 30.7 Å². The lowest BCUT2D eigenvalue weighted by molar-refractivity contribution is -0.148. The molecule has 1 aromatic rings. The standard InChI is InChI=1S/C14H15F7N2.2ClH/c15-11-6-9(5-10(7-11)14(19,20)21)12(8-13(16,17)18)23-3-1-22-2-4-23;;/h5-7,12,22H,1-4,8H2;2*1H/t12-;;/m0../s1. The first-order chi connectivity index (χ1) is 10.6. The van der Waals surface area contributed by atoms with Gasteiger partial charge < -0.3 is 5.32 Å². The van der Waals surface area contributed by atoms with Gasteiger partial charge in [0.05, 0.1) is 12.0 Å². The maximum atomic E-state index is 13.5. The summed E-state index contributed by atoms with van der Waals surface area (Å²) in [6.07, 6.45) is -10.7. The summed E-state index contributed by atoms with van der Waals surface area (Å²) in [7, 11) is 0. The molecule has 0 aromatic heterocycles. The number of piperazine rings is 1. The topological polar surface area (TPSA) is 15.3 Å². The maximum Gasteiger partial charge on any atom is 0.416 e. The first-order valence-corrected chi connectivity index (χ1v) is 6.95. The summed E-state index contributed by atoms with van der Waals surface area (Å²) in [5, 5.41) is 2.95. The molecular formula is C14H17Cl2F7N2. The molecule has 1 aliphatic heterocycles. The molecule has 1 N–H and O–H groups in total. The van der Waals surface area contributed by atoms with Crippen LogP contribution in [0.5, 0.6) is 0 Å². The van der Waals surface area contributed by atoms with Gasteiger partial charge in [-0.3, -0.25) is 4.90 Å². The Morgan fingerprint density at radius 2 is 1.52 bits per heavy atom. The van der Waals surface area contributed by atoms with Gasteiger partial charge in [0.2, 0.25) is 0 Å². The number of alkyl halides is 6. The van der Waals surface area contributed by atoms with Gasteiger partial charge in [0.1, 0.15) is 5.82 Å². The number of nitrogens with zero attached hydrogens (tertiary/aromatic N) is 1. The maximum absolute atomic E-state index is 13.5. The molecule has 1 saturated heterocycles. The fourth-order valence-electron chi connectivity index (χ4n) is 2.64. The van der Waals surface area contributed by atoms with Crippen molar-refractivity contribution in [2.24, 2.45) is 0 Å². The average Bonchev–Trinajstić information content (AvgIpc) is 2.43. The quantitative estimate of drug-likeness (QED) is 0.725. The van der Waals surface area contributed by atoms with E-state index in [1.165, 1.54) is 4.90 Å². The summed E-state index contributed by atoms with van der Waals surface area (Å²) in [4.78, 5) is 1.43. The van der Waals surface area contributed by atoms with E-state index < -0.39 is 36.2 Å². The van der Waals surface area contributed by atoms with Crippen molar-refractivity contribution in [1.29, 1.82) is 0 Å². The van der Waals surface area contributed by atoms with Crippen LogP contribution < -0.4 is 5.32 Å². The van der Waals surface area contributed by atoms with E-state index in [9.17, 15) is 30.7 Å². The molecular weight excluding hydrogens is 400 g/mol. The summed E-state index contributed by atoms with van der Waals surface area (Å²) < 4.78 is 90.3. The molecule has 2 nitrogen and oxygen atoms in total. The third-order valence-corrected chi connectivity index (χ3v) is 3.65. The van der Waals surface area contributed by atoms with E-state index in [2.05, 4.69) is 5.32 Å². The third kappa shape index (κ3) is 7.16. The molecule has 11 heteroatoms. The van der Waals surface area contributed by atoms with Crippen molar-refractivity contribution in [1.82, 2.24) is 10.2 Å². The minimum Gasteiger partial charge on any atom is -0.314 e. The first kappa shape index (κ1) is 24.2. The smallest absolute Gasteiger partial charge is 0.314 e. The molecule has 0 aliphatic carbocycles. The van der Waals surface area contributed by atoms with E-state index in [1.807, 2.05) is 0 Å². The SMILES string of the molecule is Cl.Cl.Fc1cc([C@H](CC(F)(F)F)N2CCNCC2)cc(C(F)(F)F)c1. The summed E-state index contributed by atoms with van der Waals surface area (Å²) in [6.45, 7) is 1.35. The molecule has 0 amide bonds. The largest absolute Gasteiger partial charge is 0.416 e. The van der Waals surface area contributed by atoms with Gasteiger partial charge >= 0.3 is 12.4 Å². The third-order valence-electron chi connectivity index (χ3n) is 3.65. The molecule has 1 heterocycles. The lowest BCUT2D eigenvalue weighted by Gasteiger charge is -2.36. The fourth-order valence-corrected chi connectivity index (χ4v) is 2.64. The predicted molar refractivity (Wildman–Crippen MR) is 83.8 cm³/mol. The Kier molecular flexibility index (Phi) is 8.96. The van der Waals surface area contributed by atoms with E-state index in [-0.39, 0.29) is 49.5 Å². The van der Waals surface area contributed by atoms with Gasteiger partial charge in [0.15, 0.2) is 0 Å². The van der Waals surface area contributed by atoms with E-state index in [4.69, 9.17) is 0 Å². The minimum atomic E-state index is -4.82. The number of hydrogen-bond donors (Lipinski definition) is 1. The number of rotatable bonds is 3. The Hall–Kier alpha value is -0.770. The van der Waals surface area contributed by atoms with Crippen molar-refractivity contribution < 1.29 is 30.7 Å². The van der Waals surface area contributed by atoms with Crippen LogP contribution in [0.2, 0.25) is 0 Å². The Morgan fingerprint density at radius 1 is 0.960 bits per heavy atom. The molecule has 0 saturated carbocycles. The molecule has 1 aliphatic rings. The van der Waals surface area contributed by atoms with Crippen LogP contribution in [-0.2, 0) is 6.18 Å². The van der Waals surface area contributed by atoms with Crippen molar-refractivity contribution in [3.05, 3.63) is 35.1 Å². The van der Waals surface area contributed by atoms with Crippen LogP contribution in [0.25, 0.3) is 0 Å². The Bertz CT molecular complexity index is 543. The average molecular weight is 417 g/mol. The van der Waals surface area contributed by atoms with Crippen LogP contribution >= 0.6 is 24.8 Å². The summed E-state index contributed by atoms with van der Waals surface area (Å²) in [5.74, 6) is -1.20. The predicted octanol–water partition coefficient (Wildman–Crippen LogP) is 4.59. The van der Waals surface area contributed by atoms with Crippen molar-refractivity contribution in [3.63, 3.8) is 0 Å². The van der Waals surface area contributed by atoms with Crippen molar-refractivity contribution in [3.8, 4) is 0 Å². The van der Waals surface area contributed by atoms with Gasteiger partial charge in [-0.1, -0.05) is 0 Å². The lowest BCUT2D eigenvalue weighted by atomic mass is 9.98. The molecule has 1 aromatic carbocycles. The van der Waals surface area contributed by atoms with Crippen molar-refractivity contribution in [2.75, 3.05) is 26.2 Å². The normalized spacial score (nSPS) is 17.4. The molecule has 2 rings (SSSR count). The molecule has 146 valence electrons. The molecule has 0 spiro atoms. The number of halogens is 9. The molecule has 1 atom stereocenters. The second-order valence-corrected chi connectivity index (χ2v) is 5.39. The van der Waals surface area contributed by atoms with Crippen molar-refractivity contribution in [2.45, 2.75) is 24.8 Å². The summed E-state index contributed by atoms with van der Waals surface area (Å²) >= 11 is 0. The highest BCUT2D eigenvalue weighted by atomic mass is 35.5. The lowest BCUT2D eigenvalue weighted by Crippen LogP contribution is -2.46. The van der Waals surface area contributed by atoms with Crippen LogP contribution in [0.3, 0.4) is 0 Å². The van der Waals surface area contributed by atoms with E-state index in [0.29, 0.717) is 19.2 Å². The molecule has 1 fully saturated rings. The Labute approximate surface area is 152 Å². The van der Waals surface area contributed by atoms with Crippen LogP contribution in [0, 0.1) is 5.82 Å². The zero-order valence-electron chi connectivity index (χ0n) is 12.8. The number of hydrogen-bond acceptors (Lipinski definition) is 2. The van der Waals surface area contributed by atoms with Crippen molar-refractivity contribution >= 4 is 24.8 Å². The zero-order valence-corrected chi connectivity index (χ0v) is 14.4.